The first kappa shape index (κ1) is 21.6. The molecule has 1 unspecified atom stereocenters. The van der Waals surface area contributed by atoms with Gasteiger partial charge in [-0.1, -0.05) is 35.0 Å². The molecule has 0 bridgehead atoms. The van der Waals surface area contributed by atoms with Crippen molar-refractivity contribution in [2.75, 3.05) is 6.54 Å². The maximum Gasteiger partial charge on any atom is 0.410 e. The molecule has 1 amide bonds. The van der Waals surface area contributed by atoms with Gasteiger partial charge in [-0.2, -0.15) is 0 Å². The van der Waals surface area contributed by atoms with Crippen molar-refractivity contribution in [1.82, 2.24) is 14.5 Å². The van der Waals surface area contributed by atoms with Gasteiger partial charge in [-0.25, -0.2) is 9.78 Å². The molecule has 28 heavy (non-hydrogen) atoms. The van der Waals surface area contributed by atoms with Crippen LogP contribution < -0.4 is 0 Å². The van der Waals surface area contributed by atoms with Crippen LogP contribution in [0.1, 0.15) is 57.2 Å². The zero-order chi connectivity index (χ0) is 20.5. The number of halogens is 2. The minimum absolute atomic E-state index is 0.0352. The molecule has 2 heterocycles. The molecule has 1 aliphatic heterocycles. The molecule has 0 aliphatic carbocycles. The summed E-state index contributed by atoms with van der Waals surface area (Å²) in [6.45, 7) is 9.27. The van der Waals surface area contributed by atoms with E-state index >= 15 is 0 Å². The second-order valence-corrected chi connectivity index (χ2v) is 10.0. The summed E-state index contributed by atoms with van der Waals surface area (Å²) in [6, 6.07) is 8.34. The Morgan fingerprint density at radius 1 is 1.29 bits per heavy atom. The lowest BCUT2D eigenvalue weighted by Crippen LogP contribution is -2.45. The fraction of sp³-hybridized carbons (Fsp3) is 0.524. The van der Waals surface area contributed by atoms with Gasteiger partial charge in [-0.05, 0) is 73.9 Å². The summed E-state index contributed by atoms with van der Waals surface area (Å²) < 4.78 is 10.1. The Labute approximate surface area is 189 Å². The molecular formula is C21H27BrIN3O2. The van der Waals surface area contributed by atoms with Crippen LogP contribution >= 0.6 is 38.5 Å². The van der Waals surface area contributed by atoms with Gasteiger partial charge in [0.2, 0.25) is 0 Å². The first-order chi connectivity index (χ1) is 13.2. The van der Waals surface area contributed by atoms with E-state index in [2.05, 4.69) is 74.3 Å². The summed E-state index contributed by atoms with van der Waals surface area (Å²) in [6.07, 6.45) is 2.38. The second kappa shape index (κ2) is 8.73. The lowest BCUT2D eigenvalue weighted by molar-refractivity contribution is 0.00935. The van der Waals surface area contributed by atoms with E-state index < -0.39 is 5.60 Å². The van der Waals surface area contributed by atoms with E-state index in [0.29, 0.717) is 6.54 Å². The first-order valence-corrected chi connectivity index (χ1v) is 11.6. The van der Waals surface area contributed by atoms with Gasteiger partial charge < -0.3 is 9.30 Å². The number of hydrogen-bond donors (Lipinski definition) is 0. The Balaban J connectivity index is 1.90. The smallest absolute Gasteiger partial charge is 0.410 e. The number of imidazole rings is 1. The molecule has 0 saturated carbocycles. The number of amides is 1. The summed E-state index contributed by atoms with van der Waals surface area (Å²) in [5.74, 6) is 1.09. The van der Waals surface area contributed by atoms with Crippen LogP contribution in [-0.4, -0.2) is 32.7 Å². The van der Waals surface area contributed by atoms with E-state index in [0.717, 1.165) is 45.5 Å². The minimum atomic E-state index is -0.507. The number of aryl methyl sites for hydroxylation is 2. The van der Waals surface area contributed by atoms with Gasteiger partial charge in [0.05, 0.1) is 11.7 Å². The summed E-state index contributed by atoms with van der Waals surface area (Å²) >= 11 is 5.80. The lowest BCUT2D eigenvalue weighted by Gasteiger charge is -2.38. The van der Waals surface area contributed by atoms with E-state index in [1.807, 2.05) is 25.7 Å². The van der Waals surface area contributed by atoms with Gasteiger partial charge in [0.15, 0.2) is 0 Å². The largest absolute Gasteiger partial charge is 0.444 e. The van der Waals surface area contributed by atoms with Gasteiger partial charge in [-0.3, -0.25) is 4.90 Å². The van der Waals surface area contributed by atoms with Gasteiger partial charge in [-0.15, -0.1) is 0 Å². The number of carbonyl (C=O) groups excluding carboxylic acids is 1. The van der Waals surface area contributed by atoms with Crippen molar-refractivity contribution in [2.45, 2.75) is 65.1 Å². The number of hydrogen-bond acceptors (Lipinski definition) is 3. The summed E-state index contributed by atoms with van der Waals surface area (Å²) in [7, 11) is 0. The molecule has 1 aromatic heterocycles. The number of aromatic nitrogens is 2. The highest BCUT2D eigenvalue weighted by molar-refractivity contribution is 14.1. The van der Waals surface area contributed by atoms with Crippen LogP contribution in [0.5, 0.6) is 0 Å². The highest BCUT2D eigenvalue weighted by Gasteiger charge is 2.36. The topological polar surface area (TPSA) is 47.4 Å². The van der Waals surface area contributed by atoms with Crippen molar-refractivity contribution < 1.29 is 9.53 Å². The Kier molecular flexibility index (Phi) is 6.74. The van der Waals surface area contributed by atoms with Gasteiger partial charge in [0.1, 0.15) is 15.1 Å². The SMILES string of the molecule is CCc1nc(I)c2n1CCN(C(=O)OC(C)(C)C)C2CCc1ccc(Br)cc1. The van der Waals surface area contributed by atoms with Crippen molar-refractivity contribution >= 4 is 44.6 Å². The monoisotopic (exact) mass is 559 g/mol. The third-order valence-electron chi connectivity index (χ3n) is 4.86. The van der Waals surface area contributed by atoms with Crippen molar-refractivity contribution in [1.29, 1.82) is 0 Å². The molecule has 1 atom stereocenters. The molecule has 1 aromatic carbocycles. The van der Waals surface area contributed by atoms with Crippen LogP contribution in [0.15, 0.2) is 28.7 Å². The maximum atomic E-state index is 12.9. The standard InChI is InChI=1S/C21H27BrIN3O2/c1-5-17-24-19(23)18-16(11-8-14-6-9-15(22)10-7-14)25(12-13-26(17)18)20(27)28-21(2,3)4/h6-7,9-10,16H,5,8,11-13H2,1-4H3. The molecule has 0 spiro atoms. The Hall–Kier alpha value is -1.09. The van der Waals surface area contributed by atoms with E-state index in [-0.39, 0.29) is 12.1 Å². The number of rotatable bonds is 4. The molecule has 0 N–H and O–H groups in total. The number of carbonyl (C=O) groups is 1. The number of nitrogens with zero attached hydrogens (tertiary/aromatic N) is 3. The van der Waals surface area contributed by atoms with Crippen molar-refractivity contribution in [2.24, 2.45) is 0 Å². The first-order valence-electron chi connectivity index (χ1n) is 9.68. The molecular weight excluding hydrogens is 533 g/mol. The van der Waals surface area contributed by atoms with E-state index in [9.17, 15) is 4.79 Å². The fourth-order valence-electron chi connectivity index (χ4n) is 3.62. The van der Waals surface area contributed by atoms with Gasteiger partial charge in [0, 0.05) is 24.0 Å². The van der Waals surface area contributed by atoms with Crippen molar-refractivity contribution in [3.63, 3.8) is 0 Å². The Morgan fingerprint density at radius 3 is 2.57 bits per heavy atom. The number of fused-ring (bicyclic) bond motifs is 1. The van der Waals surface area contributed by atoms with E-state index in [1.54, 1.807) is 0 Å². The van der Waals surface area contributed by atoms with Crippen LogP contribution in [0, 0.1) is 3.70 Å². The number of ether oxygens (including phenoxy) is 1. The molecule has 3 rings (SSSR count). The Bertz CT molecular complexity index is 843. The van der Waals surface area contributed by atoms with Crippen LogP contribution in [0.3, 0.4) is 0 Å². The zero-order valence-corrected chi connectivity index (χ0v) is 20.6. The normalized spacial score (nSPS) is 16.8. The third kappa shape index (κ3) is 4.90. The molecule has 0 saturated heterocycles. The maximum absolute atomic E-state index is 12.9. The van der Waals surface area contributed by atoms with Crippen LogP contribution in [-0.2, 0) is 24.1 Å². The average Bonchev–Trinajstić information content (AvgIpc) is 2.96. The van der Waals surface area contributed by atoms with Crippen LogP contribution in [0.2, 0.25) is 0 Å². The van der Waals surface area contributed by atoms with Crippen molar-refractivity contribution in [3.05, 3.63) is 49.5 Å². The van der Waals surface area contributed by atoms with Crippen molar-refractivity contribution in [3.8, 4) is 0 Å². The van der Waals surface area contributed by atoms with Gasteiger partial charge >= 0.3 is 6.09 Å². The molecule has 1 aliphatic rings. The quantitative estimate of drug-likeness (QED) is 0.449. The lowest BCUT2D eigenvalue weighted by atomic mass is 10.0. The predicted molar refractivity (Wildman–Crippen MR) is 122 cm³/mol. The van der Waals surface area contributed by atoms with E-state index in [4.69, 9.17) is 9.72 Å². The molecule has 2 aromatic rings. The van der Waals surface area contributed by atoms with Crippen LogP contribution in [0.25, 0.3) is 0 Å². The molecule has 7 heteroatoms. The minimum Gasteiger partial charge on any atom is -0.444 e. The van der Waals surface area contributed by atoms with E-state index in [1.165, 1.54) is 5.56 Å². The summed E-state index contributed by atoms with van der Waals surface area (Å²) in [4.78, 5) is 19.6. The zero-order valence-electron chi connectivity index (χ0n) is 16.8. The average molecular weight is 560 g/mol. The third-order valence-corrected chi connectivity index (χ3v) is 6.18. The summed E-state index contributed by atoms with van der Waals surface area (Å²) in [5.41, 5.74) is 1.90. The van der Waals surface area contributed by atoms with Crippen LogP contribution in [0.4, 0.5) is 4.79 Å². The molecule has 0 radical (unpaired) electrons. The Morgan fingerprint density at radius 2 is 1.96 bits per heavy atom. The highest BCUT2D eigenvalue weighted by Crippen LogP contribution is 2.35. The summed E-state index contributed by atoms with van der Waals surface area (Å²) in [5, 5.41) is 0. The molecule has 0 fully saturated rings. The number of benzene rings is 1. The highest BCUT2D eigenvalue weighted by atomic mass is 127. The molecule has 152 valence electrons. The predicted octanol–water partition coefficient (Wildman–Crippen LogP) is 5.74. The van der Waals surface area contributed by atoms with Gasteiger partial charge in [0.25, 0.3) is 0 Å². The fourth-order valence-corrected chi connectivity index (χ4v) is 4.81. The molecule has 5 nitrogen and oxygen atoms in total. The second-order valence-electron chi connectivity index (χ2n) is 8.06.